The number of benzene rings is 1. The largest absolute Gasteiger partial charge is 0.503 e. The molecule has 3 rings (SSSR count). The summed E-state index contributed by atoms with van der Waals surface area (Å²) >= 11 is 0. The predicted molar refractivity (Wildman–Crippen MR) is 81.2 cm³/mol. The average Bonchev–Trinajstić information content (AvgIpc) is 2.81. The summed E-state index contributed by atoms with van der Waals surface area (Å²) in [5.74, 6) is -2.12. The van der Waals surface area contributed by atoms with Crippen LogP contribution >= 0.6 is 0 Å². The van der Waals surface area contributed by atoms with Gasteiger partial charge in [0, 0.05) is 6.20 Å². The molecule has 1 unspecified atom stereocenters. The number of aliphatic hydroxyl groups excluding tert-OH is 1. The van der Waals surface area contributed by atoms with Crippen LogP contribution in [0.1, 0.15) is 18.5 Å². The van der Waals surface area contributed by atoms with Crippen LogP contribution in [0, 0.1) is 5.82 Å². The van der Waals surface area contributed by atoms with Crippen LogP contribution in [0.25, 0.3) is 0 Å². The van der Waals surface area contributed by atoms with Crippen molar-refractivity contribution in [3.63, 3.8) is 0 Å². The molecule has 0 fully saturated rings. The zero-order valence-corrected chi connectivity index (χ0v) is 12.2. The highest BCUT2D eigenvalue weighted by molar-refractivity contribution is 6.16. The predicted octanol–water partition coefficient (Wildman–Crippen LogP) is 2.71. The topological polar surface area (TPSA) is 70.5 Å². The Morgan fingerprint density at radius 3 is 2.52 bits per heavy atom. The normalized spacial score (nSPS) is 17.7. The average molecular weight is 312 g/mol. The van der Waals surface area contributed by atoms with Crippen LogP contribution in [0.15, 0.2) is 60.1 Å². The van der Waals surface area contributed by atoms with Crippen molar-refractivity contribution in [2.75, 3.05) is 4.90 Å². The number of Topliss-reactive ketones (excluding diaryl/α,β-unsaturated/α-hetero) is 1. The minimum atomic E-state index is -0.815. The third kappa shape index (κ3) is 2.48. The fraction of sp³-hybridized carbons (Fsp3) is 0.118. The molecule has 1 aromatic carbocycles. The van der Waals surface area contributed by atoms with E-state index >= 15 is 0 Å². The van der Waals surface area contributed by atoms with Crippen LogP contribution in [0.5, 0.6) is 0 Å². The molecule has 0 aliphatic carbocycles. The van der Waals surface area contributed by atoms with E-state index in [1.165, 1.54) is 42.3 Å². The van der Waals surface area contributed by atoms with Gasteiger partial charge in [0.15, 0.2) is 11.5 Å². The minimum Gasteiger partial charge on any atom is -0.503 e. The van der Waals surface area contributed by atoms with Gasteiger partial charge >= 0.3 is 0 Å². The molecule has 0 spiro atoms. The number of ketones is 1. The van der Waals surface area contributed by atoms with Crippen LogP contribution in [0.3, 0.4) is 0 Å². The summed E-state index contributed by atoms with van der Waals surface area (Å²) < 4.78 is 13.2. The third-order valence-corrected chi connectivity index (χ3v) is 3.70. The Hall–Kier alpha value is -3.02. The molecule has 23 heavy (non-hydrogen) atoms. The number of aromatic nitrogens is 1. The van der Waals surface area contributed by atoms with E-state index < -0.39 is 29.3 Å². The SMILES string of the molecule is CC(=O)C1=C(O)C(=O)N(c2cccnc2)C1c1ccc(F)cc1. The Kier molecular flexibility index (Phi) is 3.65. The molecule has 0 bridgehead atoms. The highest BCUT2D eigenvalue weighted by atomic mass is 19.1. The lowest BCUT2D eigenvalue weighted by molar-refractivity contribution is -0.117. The molecule has 1 aromatic heterocycles. The Labute approximate surface area is 131 Å². The van der Waals surface area contributed by atoms with Gasteiger partial charge in [-0.2, -0.15) is 0 Å². The fourth-order valence-corrected chi connectivity index (χ4v) is 2.69. The molecule has 5 nitrogen and oxygen atoms in total. The monoisotopic (exact) mass is 312 g/mol. The van der Waals surface area contributed by atoms with Gasteiger partial charge in [-0.1, -0.05) is 12.1 Å². The molecule has 2 heterocycles. The Balaban J connectivity index is 2.17. The Morgan fingerprint density at radius 1 is 1.26 bits per heavy atom. The smallest absolute Gasteiger partial charge is 0.294 e. The number of carbonyl (C=O) groups excluding carboxylic acids is 2. The summed E-state index contributed by atoms with van der Waals surface area (Å²) in [6.07, 6.45) is 3.01. The molecule has 0 radical (unpaired) electrons. The second-order valence-corrected chi connectivity index (χ2v) is 5.16. The van der Waals surface area contributed by atoms with E-state index in [-0.39, 0.29) is 5.57 Å². The molecule has 1 amide bonds. The van der Waals surface area contributed by atoms with E-state index in [4.69, 9.17) is 0 Å². The molecule has 0 saturated carbocycles. The maximum absolute atomic E-state index is 13.2. The second-order valence-electron chi connectivity index (χ2n) is 5.16. The first-order chi connectivity index (χ1) is 11.0. The third-order valence-electron chi connectivity index (χ3n) is 3.70. The number of hydrogen-bond acceptors (Lipinski definition) is 4. The molecule has 6 heteroatoms. The molecule has 1 N–H and O–H groups in total. The molecule has 2 aromatic rings. The molecule has 0 saturated heterocycles. The summed E-state index contributed by atoms with van der Waals surface area (Å²) in [6, 6.07) is 7.94. The lowest BCUT2D eigenvalue weighted by atomic mass is 9.96. The first-order valence-electron chi connectivity index (χ1n) is 6.94. The van der Waals surface area contributed by atoms with Crippen molar-refractivity contribution in [2.45, 2.75) is 13.0 Å². The second kappa shape index (κ2) is 5.64. The highest BCUT2D eigenvalue weighted by Crippen LogP contribution is 2.40. The van der Waals surface area contributed by atoms with Gasteiger partial charge in [-0.05, 0) is 36.8 Å². The standard InChI is InChI=1S/C17H13FN2O3/c1-10(21)14-15(11-4-6-12(18)7-5-11)20(17(23)16(14)22)13-3-2-8-19-9-13/h2-9,15,22H,1H3. The van der Waals surface area contributed by atoms with Gasteiger partial charge in [-0.25, -0.2) is 4.39 Å². The summed E-state index contributed by atoms with van der Waals surface area (Å²) in [7, 11) is 0. The van der Waals surface area contributed by atoms with Gasteiger partial charge in [-0.3, -0.25) is 19.5 Å². The van der Waals surface area contributed by atoms with Crippen LogP contribution in [-0.2, 0) is 9.59 Å². The lowest BCUT2D eigenvalue weighted by Crippen LogP contribution is -2.30. The maximum Gasteiger partial charge on any atom is 0.294 e. The quantitative estimate of drug-likeness (QED) is 0.946. The van der Waals surface area contributed by atoms with E-state index in [1.807, 2.05) is 0 Å². The van der Waals surface area contributed by atoms with Crippen LogP contribution in [-0.4, -0.2) is 21.8 Å². The molecule has 1 aliphatic rings. The van der Waals surface area contributed by atoms with Crippen molar-refractivity contribution >= 4 is 17.4 Å². The van der Waals surface area contributed by atoms with Crippen molar-refractivity contribution < 1.29 is 19.1 Å². The van der Waals surface area contributed by atoms with Crippen molar-refractivity contribution in [3.05, 3.63) is 71.5 Å². The molecular weight excluding hydrogens is 299 g/mol. The number of rotatable bonds is 3. The summed E-state index contributed by atoms with van der Waals surface area (Å²) in [5.41, 5.74) is 0.956. The summed E-state index contributed by atoms with van der Waals surface area (Å²) in [6.45, 7) is 1.28. The van der Waals surface area contributed by atoms with E-state index in [0.29, 0.717) is 11.3 Å². The fourth-order valence-electron chi connectivity index (χ4n) is 2.69. The number of aliphatic hydroxyl groups is 1. The Bertz CT molecular complexity index is 800. The van der Waals surface area contributed by atoms with Crippen molar-refractivity contribution in [1.29, 1.82) is 0 Å². The number of halogens is 1. The number of carbonyl (C=O) groups is 2. The van der Waals surface area contributed by atoms with E-state index in [1.54, 1.807) is 18.3 Å². The molecule has 116 valence electrons. The molecular formula is C17H13FN2O3. The van der Waals surface area contributed by atoms with Crippen molar-refractivity contribution in [3.8, 4) is 0 Å². The van der Waals surface area contributed by atoms with Gasteiger partial charge in [-0.15, -0.1) is 0 Å². The van der Waals surface area contributed by atoms with Gasteiger partial charge < -0.3 is 5.11 Å². The van der Waals surface area contributed by atoms with Crippen LogP contribution < -0.4 is 4.90 Å². The van der Waals surface area contributed by atoms with Crippen LogP contribution in [0.4, 0.5) is 10.1 Å². The van der Waals surface area contributed by atoms with Crippen molar-refractivity contribution in [1.82, 2.24) is 4.98 Å². The highest BCUT2D eigenvalue weighted by Gasteiger charge is 2.43. The summed E-state index contributed by atoms with van der Waals surface area (Å²) in [4.78, 5) is 29.6. The van der Waals surface area contributed by atoms with Gasteiger partial charge in [0.2, 0.25) is 0 Å². The van der Waals surface area contributed by atoms with Gasteiger partial charge in [0.05, 0.1) is 23.5 Å². The minimum absolute atomic E-state index is 0.00883. The van der Waals surface area contributed by atoms with Gasteiger partial charge in [0.1, 0.15) is 5.82 Å². The van der Waals surface area contributed by atoms with E-state index in [9.17, 15) is 19.1 Å². The number of anilines is 1. The number of hydrogen-bond donors (Lipinski definition) is 1. The Morgan fingerprint density at radius 2 is 1.96 bits per heavy atom. The van der Waals surface area contributed by atoms with Gasteiger partial charge in [0.25, 0.3) is 5.91 Å². The zero-order valence-electron chi connectivity index (χ0n) is 12.2. The number of nitrogens with zero attached hydrogens (tertiary/aromatic N) is 2. The van der Waals surface area contributed by atoms with E-state index in [2.05, 4.69) is 4.98 Å². The zero-order chi connectivity index (χ0) is 16.6. The lowest BCUT2D eigenvalue weighted by Gasteiger charge is -2.26. The summed E-state index contributed by atoms with van der Waals surface area (Å²) in [5, 5.41) is 10.1. The molecule has 1 aliphatic heterocycles. The maximum atomic E-state index is 13.2. The first-order valence-corrected chi connectivity index (χ1v) is 6.94. The van der Waals surface area contributed by atoms with Crippen molar-refractivity contribution in [2.24, 2.45) is 0 Å². The van der Waals surface area contributed by atoms with E-state index in [0.717, 1.165) is 0 Å². The number of pyridine rings is 1. The number of amides is 1. The first kappa shape index (κ1) is 14.9. The molecule has 1 atom stereocenters. The van der Waals surface area contributed by atoms with Crippen LogP contribution in [0.2, 0.25) is 0 Å².